The molecule has 2 N–H and O–H groups in total. The molecule has 2 heterocycles. The SMILES string of the molecule is CCCC1C=C(c2ccc(-c3cc(CCCC(=O)[C@H](C)CN)on3)cc2)C=N1. The summed E-state index contributed by atoms with van der Waals surface area (Å²) < 4.78 is 5.44. The Morgan fingerprint density at radius 3 is 2.71 bits per heavy atom. The molecule has 2 atom stereocenters. The molecule has 1 aromatic carbocycles. The van der Waals surface area contributed by atoms with E-state index in [1.54, 1.807) is 0 Å². The molecule has 28 heavy (non-hydrogen) atoms. The summed E-state index contributed by atoms with van der Waals surface area (Å²) in [5, 5.41) is 4.18. The van der Waals surface area contributed by atoms with Gasteiger partial charge in [-0.3, -0.25) is 9.79 Å². The number of allylic oxidation sites excluding steroid dienone is 1. The zero-order valence-corrected chi connectivity index (χ0v) is 16.7. The van der Waals surface area contributed by atoms with E-state index in [4.69, 9.17) is 10.3 Å². The first-order chi connectivity index (χ1) is 13.6. The fourth-order valence-electron chi connectivity index (χ4n) is 3.31. The highest BCUT2D eigenvalue weighted by Crippen LogP contribution is 2.25. The molecule has 3 rings (SSSR count). The van der Waals surface area contributed by atoms with E-state index >= 15 is 0 Å². The maximum absolute atomic E-state index is 11.8. The highest BCUT2D eigenvalue weighted by Gasteiger charge is 2.13. The Balaban J connectivity index is 1.57. The minimum absolute atomic E-state index is 0.0684. The summed E-state index contributed by atoms with van der Waals surface area (Å²) in [5.74, 6) is 0.949. The van der Waals surface area contributed by atoms with Crippen LogP contribution in [0.1, 0.15) is 50.9 Å². The van der Waals surface area contributed by atoms with E-state index in [1.807, 2.05) is 19.2 Å². The fraction of sp³-hybridized carbons (Fsp3) is 0.435. The molecule has 2 aromatic rings. The molecule has 0 aliphatic carbocycles. The van der Waals surface area contributed by atoms with Crippen molar-refractivity contribution in [1.82, 2.24) is 5.16 Å². The molecule has 0 fully saturated rings. The van der Waals surface area contributed by atoms with Crippen LogP contribution in [0.5, 0.6) is 0 Å². The monoisotopic (exact) mass is 379 g/mol. The van der Waals surface area contributed by atoms with Crippen LogP contribution in [0.25, 0.3) is 16.8 Å². The molecule has 0 amide bonds. The number of ketones is 1. The van der Waals surface area contributed by atoms with Crippen LogP contribution in [0.15, 0.2) is 45.9 Å². The van der Waals surface area contributed by atoms with Crippen molar-refractivity contribution in [3.05, 3.63) is 47.7 Å². The van der Waals surface area contributed by atoms with Crippen LogP contribution in [0.2, 0.25) is 0 Å². The lowest BCUT2D eigenvalue weighted by atomic mass is 10.0. The Morgan fingerprint density at radius 1 is 1.25 bits per heavy atom. The molecule has 0 saturated heterocycles. The maximum Gasteiger partial charge on any atom is 0.137 e. The van der Waals surface area contributed by atoms with Crippen molar-refractivity contribution in [2.24, 2.45) is 16.6 Å². The number of nitrogens with zero attached hydrogens (tertiary/aromatic N) is 2. The predicted octanol–water partition coefficient (Wildman–Crippen LogP) is 4.46. The smallest absolute Gasteiger partial charge is 0.137 e. The summed E-state index contributed by atoms with van der Waals surface area (Å²) in [7, 11) is 0. The Morgan fingerprint density at radius 2 is 2.00 bits per heavy atom. The molecule has 0 bridgehead atoms. The first-order valence-electron chi connectivity index (χ1n) is 10.1. The lowest BCUT2D eigenvalue weighted by molar-refractivity contribution is -0.122. The Kier molecular flexibility index (Phi) is 6.93. The van der Waals surface area contributed by atoms with Crippen LogP contribution in [-0.2, 0) is 11.2 Å². The number of aliphatic imine (C=N–C) groups is 1. The van der Waals surface area contributed by atoms with Crippen LogP contribution < -0.4 is 5.73 Å². The molecule has 0 saturated carbocycles. The molecule has 148 valence electrons. The Bertz CT molecular complexity index is 849. The van der Waals surface area contributed by atoms with Crippen molar-refractivity contribution >= 4 is 17.6 Å². The maximum atomic E-state index is 11.8. The van der Waals surface area contributed by atoms with E-state index in [9.17, 15) is 4.79 Å². The summed E-state index contributed by atoms with van der Waals surface area (Å²) in [4.78, 5) is 16.4. The van der Waals surface area contributed by atoms with Gasteiger partial charge >= 0.3 is 0 Å². The van der Waals surface area contributed by atoms with Gasteiger partial charge in [-0.25, -0.2) is 0 Å². The number of hydrogen-bond donors (Lipinski definition) is 1. The van der Waals surface area contributed by atoms with Gasteiger partial charge in [0.15, 0.2) is 0 Å². The van der Waals surface area contributed by atoms with Gasteiger partial charge in [-0.15, -0.1) is 0 Å². The number of hydrogen-bond acceptors (Lipinski definition) is 5. The van der Waals surface area contributed by atoms with Crippen molar-refractivity contribution in [2.45, 2.75) is 52.0 Å². The van der Waals surface area contributed by atoms with Gasteiger partial charge in [-0.05, 0) is 24.0 Å². The van der Waals surface area contributed by atoms with Gasteiger partial charge in [0.25, 0.3) is 0 Å². The normalized spacial score (nSPS) is 17.0. The average Bonchev–Trinajstić information content (AvgIpc) is 3.37. The first-order valence-corrected chi connectivity index (χ1v) is 10.1. The third kappa shape index (κ3) is 5.04. The molecule has 1 aliphatic heterocycles. The third-order valence-corrected chi connectivity index (χ3v) is 5.18. The summed E-state index contributed by atoms with van der Waals surface area (Å²) in [6.45, 7) is 4.46. The molecule has 5 nitrogen and oxygen atoms in total. The lowest BCUT2D eigenvalue weighted by Crippen LogP contribution is -2.20. The lowest BCUT2D eigenvalue weighted by Gasteiger charge is -2.05. The van der Waals surface area contributed by atoms with E-state index in [0.717, 1.165) is 36.3 Å². The first kappa shape index (κ1) is 20.2. The van der Waals surface area contributed by atoms with E-state index in [1.165, 1.54) is 11.1 Å². The molecule has 0 spiro atoms. The molecule has 5 heteroatoms. The number of aromatic nitrogens is 1. The van der Waals surface area contributed by atoms with Gasteiger partial charge < -0.3 is 10.3 Å². The summed E-state index contributed by atoms with van der Waals surface area (Å²) >= 11 is 0. The van der Waals surface area contributed by atoms with Gasteiger partial charge in [0.1, 0.15) is 17.2 Å². The number of rotatable bonds is 10. The number of nitrogens with two attached hydrogens (primary N) is 1. The number of carbonyl (C=O) groups is 1. The minimum atomic E-state index is -0.0684. The van der Waals surface area contributed by atoms with Crippen molar-refractivity contribution in [3.63, 3.8) is 0 Å². The van der Waals surface area contributed by atoms with Gasteiger partial charge in [0.05, 0.1) is 6.04 Å². The fourth-order valence-corrected chi connectivity index (χ4v) is 3.31. The minimum Gasteiger partial charge on any atom is -0.361 e. The average molecular weight is 380 g/mol. The van der Waals surface area contributed by atoms with Crippen LogP contribution in [0, 0.1) is 5.92 Å². The highest BCUT2D eigenvalue weighted by atomic mass is 16.5. The zero-order valence-electron chi connectivity index (χ0n) is 16.7. The Labute approximate surface area is 166 Å². The number of carbonyl (C=O) groups excluding carboxylic acids is 1. The van der Waals surface area contributed by atoms with Crippen molar-refractivity contribution in [2.75, 3.05) is 6.54 Å². The second kappa shape index (κ2) is 9.60. The molecule has 1 aromatic heterocycles. The second-order valence-corrected chi connectivity index (χ2v) is 7.47. The molecular weight excluding hydrogens is 350 g/mol. The Hall–Kier alpha value is -2.53. The number of aryl methyl sites for hydroxylation is 1. The summed E-state index contributed by atoms with van der Waals surface area (Å²) in [6, 6.07) is 10.6. The predicted molar refractivity (Wildman–Crippen MR) is 113 cm³/mol. The molecule has 1 unspecified atom stereocenters. The van der Waals surface area contributed by atoms with E-state index in [2.05, 4.69) is 47.4 Å². The van der Waals surface area contributed by atoms with Gasteiger partial charge in [0.2, 0.25) is 0 Å². The quantitative estimate of drug-likeness (QED) is 0.660. The summed E-state index contributed by atoms with van der Waals surface area (Å²) in [5.41, 5.74) is 9.73. The number of benzene rings is 1. The van der Waals surface area contributed by atoms with Crippen LogP contribution in [0.3, 0.4) is 0 Å². The van der Waals surface area contributed by atoms with Crippen molar-refractivity contribution in [3.8, 4) is 11.3 Å². The largest absolute Gasteiger partial charge is 0.361 e. The van der Waals surface area contributed by atoms with Crippen molar-refractivity contribution in [1.29, 1.82) is 0 Å². The van der Waals surface area contributed by atoms with Crippen molar-refractivity contribution < 1.29 is 9.32 Å². The summed E-state index contributed by atoms with van der Waals surface area (Å²) in [6.07, 6.45) is 8.42. The highest BCUT2D eigenvalue weighted by molar-refractivity contribution is 6.11. The molecule has 1 aliphatic rings. The van der Waals surface area contributed by atoms with E-state index in [0.29, 0.717) is 25.4 Å². The van der Waals surface area contributed by atoms with E-state index in [-0.39, 0.29) is 11.7 Å². The van der Waals surface area contributed by atoms with Crippen LogP contribution in [-0.4, -0.2) is 29.7 Å². The van der Waals surface area contributed by atoms with Gasteiger partial charge in [0, 0.05) is 43.1 Å². The zero-order chi connectivity index (χ0) is 19.9. The molecule has 0 radical (unpaired) electrons. The van der Waals surface area contributed by atoms with Crippen LogP contribution in [0.4, 0.5) is 0 Å². The number of Topliss-reactive ketones (excluding diaryl/α,β-unsaturated/α-hetero) is 1. The topological polar surface area (TPSA) is 81.5 Å². The van der Waals surface area contributed by atoms with Gasteiger partial charge in [-0.2, -0.15) is 0 Å². The van der Waals surface area contributed by atoms with Gasteiger partial charge in [-0.1, -0.05) is 55.8 Å². The molecular formula is C23H29N3O2. The van der Waals surface area contributed by atoms with Crippen LogP contribution >= 0.6 is 0 Å². The second-order valence-electron chi connectivity index (χ2n) is 7.47. The van der Waals surface area contributed by atoms with E-state index < -0.39 is 0 Å². The third-order valence-electron chi connectivity index (χ3n) is 5.18. The standard InChI is InChI=1S/C23H29N3O2/c1-3-5-20-12-19(15-25-20)17-8-10-18(11-9-17)22-13-21(28-26-22)6-4-7-23(27)16(2)14-24/h8-13,15-16,20H,3-7,14,24H2,1-2H3/t16-,20?/m1/s1.